The Morgan fingerprint density at radius 1 is 1.17 bits per heavy atom. The molecule has 0 aromatic carbocycles. The summed E-state index contributed by atoms with van der Waals surface area (Å²) in [4.78, 5) is 21.5. The maximum Gasteiger partial charge on any atom is 0.314 e. The number of aliphatic hydroxyl groups is 1. The molecule has 0 aliphatic heterocycles. The molecular weight excluding hydrogens is 236 g/mol. The van der Waals surface area contributed by atoms with Crippen LogP contribution in [-0.4, -0.2) is 41.4 Å². The monoisotopic (exact) mass is 258 g/mol. The average Bonchev–Trinajstić information content (AvgIpc) is 2.36. The number of rotatable bonds is 6. The van der Waals surface area contributed by atoms with Crippen molar-refractivity contribution >= 4 is 12.0 Å². The molecule has 1 saturated carbocycles. The fraction of sp³-hybridized carbons (Fsp3) is 0.833. The third-order valence-corrected chi connectivity index (χ3v) is 3.29. The molecule has 0 spiro atoms. The van der Waals surface area contributed by atoms with Crippen molar-refractivity contribution < 1.29 is 19.8 Å². The van der Waals surface area contributed by atoms with E-state index < -0.39 is 18.1 Å². The highest BCUT2D eigenvalue weighted by molar-refractivity contribution is 5.74. The molecule has 18 heavy (non-hydrogen) atoms. The van der Waals surface area contributed by atoms with Gasteiger partial charge in [0.15, 0.2) is 0 Å². The third-order valence-electron chi connectivity index (χ3n) is 3.29. The molecule has 1 aliphatic carbocycles. The fourth-order valence-electron chi connectivity index (χ4n) is 2.23. The molecule has 1 atom stereocenters. The first-order valence-electron chi connectivity index (χ1n) is 6.51. The molecule has 1 rings (SSSR count). The van der Waals surface area contributed by atoms with Crippen LogP contribution in [0.15, 0.2) is 0 Å². The normalized spacial score (nSPS) is 18.1. The standard InChI is InChI=1S/C12H22N2O4/c15-10(9-4-2-1-3-5-9)8-14-12(18)13-7-6-11(16)17/h9-10,15H,1-8H2,(H,16,17)(H2,13,14,18). The number of carboxylic acid groups (broad SMARTS) is 1. The molecule has 1 unspecified atom stereocenters. The second-order valence-corrected chi connectivity index (χ2v) is 4.75. The van der Waals surface area contributed by atoms with Gasteiger partial charge in [-0.05, 0) is 18.8 Å². The summed E-state index contributed by atoms with van der Waals surface area (Å²) in [5.74, 6) is -0.671. The summed E-state index contributed by atoms with van der Waals surface area (Å²) in [7, 11) is 0. The summed E-state index contributed by atoms with van der Waals surface area (Å²) in [5, 5.41) is 23.3. The van der Waals surface area contributed by atoms with Crippen LogP contribution in [0.3, 0.4) is 0 Å². The molecule has 2 amide bonds. The van der Waals surface area contributed by atoms with E-state index in [-0.39, 0.29) is 25.4 Å². The van der Waals surface area contributed by atoms with E-state index in [4.69, 9.17) is 5.11 Å². The first-order chi connectivity index (χ1) is 8.59. The van der Waals surface area contributed by atoms with Gasteiger partial charge in [-0.25, -0.2) is 4.79 Å². The van der Waals surface area contributed by atoms with Gasteiger partial charge in [-0.15, -0.1) is 0 Å². The number of hydrogen-bond acceptors (Lipinski definition) is 3. The van der Waals surface area contributed by atoms with Crippen molar-refractivity contribution in [2.75, 3.05) is 13.1 Å². The molecule has 0 aromatic heterocycles. The first kappa shape index (κ1) is 14.8. The molecule has 0 bridgehead atoms. The second kappa shape index (κ2) is 7.92. The van der Waals surface area contributed by atoms with E-state index >= 15 is 0 Å². The number of aliphatic carboxylic acids is 1. The second-order valence-electron chi connectivity index (χ2n) is 4.75. The van der Waals surface area contributed by atoms with Gasteiger partial charge in [-0.3, -0.25) is 4.79 Å². The minimum absolute atomic E-state index is 0.0979. The van der Waals surface area contributed by atoms with Crippen LogP contribution in [0.25, 0.3) is 0 Å². The third kappa shape index (κ3) is 5.86. The number of hydrogen-bond donors (Lipinski definition) is 4. The lowest BCUT2D eigenvalue weighted by Gasteiger charge is -2.26. The summed E-state index contributed by atoms with van der Waals surface area (Å²) in [6.07, 6.45) is 4.95. The van der Waals surface area contributed by atoms with Gasteiger partial charge < -0.3 is 20.8 Å². The molecule has 0 radical (unpaired) electrons. The van der Waals surface area contributed by atoms with Gasteiger partial charge in [0, 0.05) is 13.1 Å². The van der Waals surface area contributed by atoms with Gasteiger partial charge >= 0.3 is 12.0 Å². The van der Waals surface area contributed by atoms with Crippen molar-refractivity contribution in [3.05, 3.63) is 0 Å². The lowest BCUT2D eigenvalue weighted by atomic mass is 9.85. The summed E-state index contributed by atoms with van der Waals surface area (Å²) >= 11 is 0. The topological polar surface area (TPSA) is 98.7 Å². The highest BCUT2D eigenvalue weighted by Gasteiger charge is 2.21. The van der Waals surface area contributed by atoms with Gasteiger partial charge in [0.2, 0.25) is 0 Å². The summed E-state index contributed by atoms with van der Waals surface area (Å²) < 4.78 is 0. The van der Waals surface area contributed by atoms with Crippen LogP contribution in [0.2, 0.25) is 0 Å². The summed E-state index contributed by atoms with van der Waals surface area (Å²) in [6, 6.07) is -0.425. The maximum absolute atomic E-state index is 11.3. The van der Waals surface area contributed by atoms with Gasteiger partial charge in [-0.1, -0.05) is 19.3 Å². The van der Waals surface area contributed by atoms with Crippen molar-refractivity contribution in [1.82, 2.24) is 10.6 Å². The molecule has 0 saturated heterocycles. The zero-order valence-electron chi connectivity index (χ0n) is 10.5. The summed E-state index contributed by atoms with van der Waals surface area (Å²) in [6.45, 7) is 0.324. The Balaban J connectivity index is 2.11. The zero-order valence-corrected chi connectivity index (χ0v) is 10.5. The Kier molecular flexibility index (Phi) is 6.49. The van der Waals surface area contributed by atoms with Crippen molar-refractivity contribution in [2.24, 2.45) is 5.92 Å². The van der Waals surface area contributed by atoms with Crippen LogP contribution in [0, 0.1) is 5.92 Å². The van der Waals surface area contributed by atoms with Crippen molar-refractivity contribution in [3.8, 4) is 0 Å². The number of nitrogens with one attached hydrogen (secondary N) is 2. The van der Waals surface area contributed by atoms with Crippen LogP contribution < -0.4 is 10.6 Å². The zero-order chi connectivity index (χ0) is 13.4. The first-order valence-corrected chi connectivity index (χ1v) is 6.51. The number of carbonyl (C=O) groups excluding carboxylic acids is 1. The van der Waals surface area contributed by atoms with Crippen LogP contribution in [-0.2, 0) is 4.79 Å². The van der Waals surface area contributed by atoms with E-state index in [1.807, 2.05) is 0 Å². The fourth-order valence-corrected chi connectivity index (χ4v) is 2.23. The van der Waals surface area contributed by atoms with E-state index in [0.717, 1.165) is 25.7 Å². The Hall–Kier alpha value is -1.30. The average molecular weight is 258 g/mol. The van der Waals surface area contributed by atoms with Gasteiger partial charge in [0.1, 0.15) is 0 Å². The van der Waals surface area contributed by atoms with Crippen LogP contribution in [0.1, 0.15) is 38.5 Å². The van der Waals surface area contributed by atoms with Crippen LogP contribution >= 0.6 is 0 Å². The number of urea groups is 1. The molecule has 0 heterocycles. The number of aliphatic hydroxyl groups excluding tert-OH is 1. The minimum Gasteiger partial charge on any atom is -0.481 e. The molecule has 104 valence electrons. The maximum atomic E-state index is 11.3. The van der Waals surface area contributed by atoms with E-state index in [0.29, 0.717) is 0 Å². The van der Waals surface area contributed by atoms with Gasteiger partial charge in [-0.2, -0.15) is 0 Å². The predicted octanol–water partition coefficient (Wildman–Crippen LogP) is 0.701. The van der Waals surface area contributed by atoms with E-state index in [2.05, 4.69) is 10.6 Å². The quantitative estimate of drug-likeness (QED) is 0.563. The van der Waals surface area contributed by atoms with E-state index in [1.165, 1.54) is 6.42 Å². The van der Waals surface area contributed by atoms with Crippen LogP contribution in [0.5, 0.6) is 0 Å². The molecular formula is C12H22N2O4. The Morgan fingerprint density at radius 2 is 1.83 bits per heavy atom. The molecule has 6 heteroatoms. The molecule has 4 N–H and O–H groups in total. The number of carboxylic acids is 1. The minimum atomic E-state index is -0.947. The van der Waals surface area contributed by atoms with Crippen molar-refractivity contribution in [2.45, 2.75) is 44.6 Å². The Bertz CT molecular complexity index is 277. The smallest absolute Gasteiger partial charge is 0.314 e. The van der Waals surface area contributed by atoms with E-state index in [1.54, 1.807) is 0 Å². The highest BCUT2D eigenvalue weighted by Crippen LogP contribution is 2.26. The Labute approximate surface area is 107 Å². The summed E-state index contributed by atoms with van der Waals surface area (Å²) in [5.41, 5.74) is 0. The molecule has 1 fully saturated rings. The van der Waals surface area contributed by atoms with Crippen molar-refractivity contribution in [1.29, 1.82) is 0 Å². The van der Waals surface area contributed by atoms with Gasteiger partial charge in [0.05, 0.1) is 12.5 Å². The SMILES string of the molecule is O=C(O)CCNC(=O)NCC(O)C1CCCCC1. The number of amides is 2. The van der Waals surface area contributed by atoms with Crippen LogP contribution in [0.4, 0.5) is 4.79 Å². The molecule has 1 aliphatic rings. The molecule has 0 aromatic rings. The lowest BCUT2D eigenvalue weighted by Crippen LogP contribution is -2.42. The lowest BCUT2D eigenvalue weighted by molar-refractivity contribution is -0.136. The predicted molar refractivity (Wildman–Crippen MR) is 66.2 cm³/mol. The Morgan fingerprint density at radius 3 is 2.44 bits per heavy atom. The largest absolute Gasteiger partial charge is 0.481 e. The highest BCUT2D eigenvalue weighted by atomic mass is 16.4. The van der Waals surface area contributed by atoms with Gasteiger partial charge in [0.25, 0.3) is 0 Å². The molecule has 6 nitrogen and oxygen atoms in total. The van der Waals surface area contributed by atoms with Crippen molar-refractivity contribution in [3.63, 3.8) is 0 Å². The van der Waals surface area contributed by atoms with E-state index in [9.17, 15) is 14.7 Å². The number of carbonyl (C=O) groups is 2.